The average Bonchev–Trinajstić information content (AvgIpc) is 2.34. The molecule has 2 unspecified atom stereocenters. The van der Waals surface area contributed by atoms with E-state index in [0.29, 0.717) is 12.1 Å². The van der Waals surface area contributed by atoms with Crippen molar-refractivity contribution in [1.82, 2.24) is 9.80 Å². The summed E-state index contributed by atoms with van der Waals surface area (Å²) in [4.78, 5) is 17.5. The Hall–Kier alpha value is -1.00. The predicted molar refractivity (Wildman–Crippen MR) is 76.3 cm³/mol. The topological polar surface area (TPSA) is 23.6 Å². The lowest BCUT2D eigenvalue weighted by atomic mass is 10.1. The fourth-order valence-electron chi connectivity index (χ4n) is 2.39. The fraction of sp³-hybridized carbons (Fsp3) is 0.500. The molecule has 1 aliphatic rings. The van der Waals surface area contributed by atoms with Crippen LogP contribution in [0.3, 0.4) is 0 Å². The summed E-state index contributed by atoms with van der Waals surface area (Å²) in [7, 11) is 2.12. The number of hydrogen-bond acceptors (Lipinski definition) is 3. The predicted octanol–water partition coefficient (Wildman–Crippen LogP) is 2.14. The number of nitrogens with zero attached hydrogens (tertiary/aromatic N) is 2. The number of piperazine rings is 1. The normalized spacial score (nSPS) is 25.2. The minimum absolute atomic E-state index is 0.109. The van der Waals surface area contributed by atoms with Gasteiger partial charge >= 0.3 is 0 Å². The summed E-state index contributed by atoms with van der Waals surface area (Å²) in [5, 5.41) is 0. The number of carbonyl (C=O) groups is 1. The van der Waals surface area contributed by atoms with Crippen molar-refractivity contribution >= 4 is 18.5 Å². The van der Waals surface area contributed by atoms with Crippen molar-refractivity contribution in [2.75, 3.05) is 20.1 Å². The Labute approximate surface area is 114 Å². The van der Waals surface area contributed by atoms with Gasteiger partial charge < -0.3 is 4.90 Å². The molecule has 1 fully saturated rings. The molecule has 0 radical (unpaired) electrons. The Morgan fingerprint density at radius 3 is 2.44 bits per heavy atom. The quantitative estimate of drug-likeness (QED) is 0.786. The molecule has 3 nitrogen and oxygen atoms in total. The first-order valence-corrected chi connectivity index (χ1v) is 6.74. The highest BCUT2D eigenvalue weighted by atomic mass is 32.1. The minimum Gasteiger partial charge on any atom is -0.336 e. The van der Waals surface area contributed by atoms with E-state index in [-0.39, 0.29) is 5.91 Å². The van der Waals surface area contributed by atoms with Crippen molar-refractivity contribution in [3.8, 4) is 0 Å². The highest BCUT2D eigenvalue weighted by Gasteiger charge is 2.29. The molecule has 0 saturated carbocycles. The van der Waals surface area contributed by atoms with E-state index in [4.69, 9.17) is 0 Å². The number of benzene rings is 1. The Bertz CT molecular complexity index is 437. The van der Waals surface area contributed by atoms with Crippen LogP contribution in [-0.2, 0) is 0 Å². The van der Waals surface area contributed by atoms with Gasteiger partial charge in [0.05, 0.1) is 0 Å². The zero-order chi connectivity index (χ0) is 13.3. The van der Waals surface area contributed by atoms with Gasteiger partial charge in [0, 0.05) is 35.6 Å². The summed E-state index contributed by atoms with van der Waals surface area (Å²) < 4.78 is 0. The number of amides is 1. The molecule has 98 valence electrons. The Balaban J connectivity index is 2.15. The third-order valence-electron chi connectivity index (χ3n) is 3.74. The summed E-state index contributed by atoms with van der Waals surface area (Å²) >= 11 is 4.28. The molecule has 1 aromatic rings. The Kier molecular flexibility index (Phi) is 3.97. The Morgan fingerprint density at radius 1 is 1.28 bits per heavy atom. The molecule has 0 N–H and O–H groups in total. The van der Waals surface area contributed by atoms with E-state index in [2.05, 4.69) is 38.4 Å². The van der Waals surface area contributed by atoms with E-state index in [1.807, 2.05) is 29.2 Å². The molecule has 2 rings (SSSR count). The minimum atomic E-state index is 0.109. The monoisotopic (exact) mass is 264 g/mol. The molecule has 0 bridgehead atoms. The molecule has 1 aliphatic heterocycles. The molecule has 0 aromatic heterocycles. The number of thiol groups is 1. The lowest BCUT2D eigenvalue weighted by Crippen LogP contribution is -2.56. The maximum atomic E-state index is 12.4. The van der Waals surface area contributed by atoms with Gasteiger partial charge in [0.15, 0.2) is 0 Å². The third kappa shape index (κ3) is 2.70. The summed E-state index contributed by atoms with van der Waals surface area (Å²) in [6, 6.07) is 8.25. The molecule has 1 heterocycles. The number of rotatable bonds is 1. The van der Waals surface area contributed by atoms with Crippen LogP contribution in [0.15, 0.2) is 29.2 Å². The molecule has 0 spiro atoms. The van der Waals surface area contributed by atoms with E-state index >= 15 is 0 Å². The first kappa shape index (κ1) is 13.4. The van der Waals surface area contributed by atoms with Crippen LogP contribution in [0.1, 0.15) is 24.2 Å². The van der Waals surface area contributed by atoms with Gasteiger partial charge in [-0.05, 0) is 39.1 Å². The van der Waals surface area contributed by atoms with E-state index in [1.165, 1.54) is 0 Å². The van der Waals surface area contributed by atoms with Crippen molar-refractivity contribution in [2.45, 2.75) is 30.8 Å². The zero-order valence-corrected chi connectivity index (χ0v) is 12.0. The van der Waals surface area contributed by atoms with Gasteiger partial charge in [-0.15, -0.1) is 12.6 Å². The van der Waals surface area contributed by atoms with Crippen LogP contribution in [0.2, 0.25) is 0 Å². The SMILES string of the molecule is CC1CN(C(=O)c2cccc(S)c2)CC(C)N1C. The van der Waals surface area contributed by atoms with Crippen LogP contribution in [0, 0.1) is 0 Å². The van der Waals surface area contributed by atoms with Crippen LogP contribution in [0.5, 0.6) is 0 Å². The largest absolute Gasteiger partial charge is 0.336 e. The van der Waals surface area contributed by atoms with E-state index < -0.39 is 0 Å². The van der Waals surface area contributed by atoms with Crippen LogP contribution < -0.4 is 0 Å². The Morgan fingerprint density at radius 2 is 1.89 bits per heavy atom. The van der Waals surface area contributed by atoms with Crippen LogP contribution in [0.25, 0.3) is 0 Å². The van der Waals surface area contributed by atoms with Gasteiger partial charge in [-0.25, -0.2) is 0 Å². The maximum absolute atomic E-state index is 12.4. The summed E-state index contributed by atoms with van der Waals surface area (Å²) in [6.07, 6.45) is 0. The molecular formula is C14H20N2OS. The molecule has 0 aliphatic carbocycles. The van der Waals surface area contributed by atoms with E-state index in [9.17, 15) is 4.79 Å². The molecule has 1 amide bonds. The smallest absolute Gasteiger partial charge is 0.253 e. The van der Waals surface area contributed by atoms with Crippen LogP contribution in [0.4, 0.5) is 0 Å². The van der Waals surface area contributed by atoms with Gasteiger partial charge in [-0.3, -0.25) is 9.69 Å². The lowest BCUT2D eigenvalue weighted by Gasteiger charge is -2.42. The van der Waals surface area contributed by atoms with Crippen molar-refractivity contribution < 1.29 is 4.79 Å². The fourth-order valence-corrected chi connectivity index (χ4v) is 2.62. The standard InChI is InChI=1S/C14H20N2OS/c1-10-8-16(9-11(2)15(10)3)14(17)12-5-4-6-13(18)7-12/h4-7,10-11,18H,8-9H2,1-3H3. The highest BCUT2D eigenvalue weighted by Crippen LogP contribution is 2.17. The average molecular weight is 264 g/mol. The molecule has 2 atom stereocenters. The van der Waals surface area contributed by atoms with E-state index in [1.54, 1.807) is 0 Å². The summed E-state index contributed by atoms with van der Waals surface area (Å²) in [6.45, 7) is 5.89. The van der Waals surface area contributed by atoms with E-state index in [0.717, 1.165) is 23.5 Å². The van der Waals surface area contributed by atoms with Gasteiger partial charge in [0.2, 0.25) is 0 Å². The van der Waals surface area contributed by atoms with Crippen LogP contribution >= 0.6 is 12.6 Å². The van der Waals surface area contributed by atoms with Crippen LogP contribution in [-0.4, -0.2) is 47.9 Å². The van der Waals surface area contributed by atoms with Gasteiger partial charge in [0.1, 0.15) is 0 Å². The highest BCUT2D eigenvalue weighted by molar-refractivity contribution is 7.80. The molecule has 4 heteroatoms. The first-order chi connectivity index (χ1) is 8.49. The third-order valence-corrected chi connectivity index (χ3v) is 4.02. The lowest BCUT2D eigenvalue weighted by molar-refractivity contribution is 0.0414. The number of carbonyl (C=O) groups excluding carboxylic acids is 1. The second kappa shape index (κ2) is 5.33. The number of hydrogen-bond donors (Lipinski definition) is 1. The van der Waals surface area contributed by atoms with Crippen molar-refractivity contribution in [3.05, 3.63) is 29.8 Å². The second-order valence-corrected chi connectivity index (χ2v) is 5.64. The molecular weight excluding hydrogens is 244 g/mol. The maximum Gasteiger partial charge on any atom is 0.253 e. The van der Waals surface area contributed by atoms with Crippen molar-refractivity contribution in [2.24, 2.45) is 0 Å². The molecule has 1 saturated heterocycles. The van der Waals surface area contributed by atoms with Gasteiger partial charge in [0.25, 0.3) is 5.91 Å². The first-order valence-electron chi connectivity index (χ1n) is 6.29. The van der Waals surface area contributed by atoms with Crippen molar-refractivity contribution in [1.29, 1.82) is 0 Å². The van der Waals surface area contributed by atoms with Crippen molar-refractivity contribution in [3.63, 3.8) is 0 Å². The second-order valence-electron chi connectivity index (χ2n) is 5.12. The summed E-state index contributed by atoms with van der Waals surface area (Å²) in [5.74, 6) is 0.109. The van der Waals surface area contributed by atoms with Gasteiger partial charge in [-0.2, -0.15) is 0 Å². The molecule has 18 heavy (non-hydrogen) atoms. The molecule has 1 aromatic carbocycles. The number of likely N-dealkylation sites (N-methyl/N-ethyl adjacent to an activating group) is 1. The van der Waals surface area contributed by atoms with Gasteiger partial charge in [-0.1, -0.05) is 6.07 Å². The summed E-state index contributed by atoms with van der Waals surface area (Å²) in [5.41, 5.74) is 0.728. The zero-order valence-electron chi connectivity index (χ0n) is 11.1.